The maximum absolute atomic E-state index is 12.9. The Bertz CT molecular complexity index is 503. The number of hydrogen-bond acceptors (Lipinski definition) is 3. The SMILES string of the molecule is O=C(N=c1cccc(Br)n1O)[C@@H]1C[C@@H](F)CN1. The van der Waals surface area contributed by atoms with Gasteiger partial charge in [0.1, 0.15) is 10.8 Å². The van der Waals surface area contributed by atoms with E-state index < -0.39 is 18.1 Å². The van der Waals surface area contributed by atoms with E-state index in [2.05, 4.69) is 26.2 Å². The molecule has 1 fully saturated rings. The number of hydrogen-bond donors (Lipinski definition) is 2. The second-order valence-corrected chi connectivity index (χ2v) is 4.57. The van der Waals surface area contributed by atoms with Crippen LogP contribution in [0.3, 0.4) is 0 Å². The second kappa shape index (κ2) is 4.97. The average Bonchev–Trinajstić information content (AvgIpc) is 2.72. The molecular formula is C10H11BrFN3O2. The van der Waals surface area contributed by atoms with Crippen LogP contribution in [0, 0.1) is 0 Å². The third kappa shape index (κ3) is 2.73. The fourth-order valence-corrected chi connectivity index (χ4v) is 1.95. The van der Waals surface area contributed by atoms with Crippen molar-refractivity contribution in [3.8, 4) is 0 Å². The summed E-state index contributed by atoms with van der Waals surface area (Å²) >= 11 is 3.10. The molecule has 92 valence electrons. The van der Waals surface area contributed by atoms with Gasteiger partial charge in [-0.15, -0.1) is 0 Å². The van der Waals surface area contributed by atoms with E-state index in [1.807, 2.05) is 0 Å². The van der Waals surface area contributed by atoms with E-state index in [1.54, 1.807) is 12.1 Å². The minimum atomic E-state index is -1.01. The molecule has 17 heavy (non-hydrogen) atoms. The zero-order valence-electron chi connectivity index (χ0n) is 8.81. The lowest BCUT2D eigenvalue weighted by molar-refractivity contribution is -0.119. The van der Waals surface area contributed by atoms with Crippen molar-refractivity contribution in [1.82, 2.24) is 10.0 Å². The topological polar surface area (TPSA) is 66.6 Å². The fourth-order valence-electron chi connectivity index (χ4n) is 1.62. The molecule has 2 heterocycles. The molecule has 1 saturated heterocycles. The molecule has 0 aliphatic carbocycles. The molecule has 0 saturated carbocycles. The summed E-state index contributed by atoms with van der Waals surface area (Å²) in [5.41, 5.74) is 0.105. The number of amides is 1. The molecule has 1 aromatic rings. The molecule has 2 rings (SSSR count). The quantitative estimate of drug-likeness (QED) is 0.590. The van der Waals surface area contributed by atoms with Gasteiger partial charge in [-0.05, 0) is 28.1 Å². The summed E-state index contributed by atoms with van der Waals surface area (Å²) in [6, 6.07) is 4.13. The van der Waals surface area contributed by atoms with E-state index in [0.717, 1.165) is 4.73 Å². The standard InChI is InChI=1S/C10H11BrFN3O2/c11-8-2-1-3-9(15(8)17)14-10(16)7-4-6(12)5-13-7/h1-3,6-7,13,17H,4-5H2/t6-,7+/m1/s1. The molecule has 0 spiro atoms. The first kappa shape index (κ1) is 12.3. The Morgan fingerprint density at radius 3 is 3.06 bits per heavy atom. The molecule has 1 aliphatic rings. The van der Waals surface area contributed by atoms with Crippen molar-refractivity contribution in [1.29, 1.82) is 0 Å². The van der Waals surface area contributed by atoms with Gasteiger partial charge in [0.15, 0.2) is 5.49 Å². The second-order valence-electron chi connectivity index (χ2n) is 3.76. The molecule has 0 unspecified atom stereocenters. The van der Waals surface area contributed by atoms with E-state index in [9.17, 15) is 14.4 Å². The van der Waals surface area contributed by atoms with Crippen LogP contribution in [-0.2, 0) is 4.79 Å². The van der Waals surface area contributed by atoms with E-state index in [-0.39, 0.29) is 18.5 Å². The van der Waals surface area contributed by atoms with Crippen LogP contribution in [0.15, 0.2) is 27.8 Å². The van der Waals surface area contributed by atoms with Crippen LogP contribution in [0.25, 0.3) is 0 Å². The lowest BCUT2D eigenvalue weighted by Crippen LogP contribution is -2.32. The normalized spacial score (nSPS) is 25.2. The maximum atomic E-state index is 12.9. The predicted octanol–water partition coefficient (Wildman–Crippen LogP) is 0.615. The van der Waals surface area contributed by atoms with E-state index in [4.69, 9.17) is 0 Å². The van der Waals surface area contributed by atoms with Gasteiger partial charge in [-0.25, -0.2) is 4.39 Å². The zero-order valence-corrected chi connectivity index (χ0v) is 10.4. The van der Waals surface area contributed by atoms with Crippen LogP contribution in [0.4, 0.5) is 4.39 Å². The lowest BCUT2D eigenvalue weighted by Gasteiger charge is -2.04. The number of nitrogens with one attached hydrogen (secondary N) is 1. The number of aromatic nitrogens is 1. The molecule has 0 bridgehead atoms. The van der Waals surface area contributed by atoms with Crippen molar-refractivity contribution in [2.24, 2.45) is 4.99 Å². The predicted molar refractivity (Wildman–Crippen MR) is 61.2 cm³/mol. The van der Waals surface area contributed by atoms with E-state index in [1.165, 1.54) is 6.07 Å². The largest absolute Gasteiger partial charge is 0.426 e. The zero-order chi connectivity index (χ0) is 12.4. The highest BCUT2D eigenvalue weighted by molar-refractivity contribution is 9.10. The maximum Gasteiger partial charge on any atom is 0.264 e. The monoisotopic (exact) mass is 303 g/mol. The van der Waals surface area contributed by atoms with Crippen molar-refractivity contribution < 1.29 is 14.4 Å². The molecule has 2 N–H and O–H groups in total. The minimum absolute atomic E-state index is 0.105. The summed E-state index contributed by atoms with van der Waals surface area (Å²) in [6.45, 7) is 0.170. The average molecular weight is 304 g/mol. The van der Waals surface area contributed by atoms with Gasteiger partial charge in [0.2, 0.25) is 0 Å². The van der Waals surface area contributed by atoms with Crippen LogP contribution < -0.4 is 10.8 Å². The van der Waals surface area contributed by atoms with Crippen molar-refractivity contribution in [2.45, 2.75) is 18.6 Å². The van der Waals surface area contributed by atoms with Gasteiger partial charge >= 0.3 is 0 Å². The van der Waals surface area contributed by atoms with Gasteiger partial charge in [0, 0.05) is 13.0 Å². The summed E-state index contributed by atoms with van der Waals surface area (Å²) in [5, 5.41) is 12.3. The van der Waals surface area contributed by atoms with Crippen molar-refractivity contribution in [3.63, 3.8) is 0 Å². The smallest absolute Gasteiger partial charge is 0.264 e. The molecule has 0 aromatic carbocycles. The summed E-state index contributed by atoms with van der Waals surface area (Å²) in [7, 11) is 0. The third-order valence-electron chi connectivity index (χ3n) is 2.50. The molecular weight excluding hydrogens is 293 g/mol. The van der Waals surface area contributed by atoms with Gasteiger partial charge in [0.25, 0.3) is 5.91 Å². The Labute approximate surface area is 105 Å². The Kier molecular flexibility index (Phi) is 3.58. The Balaban J connectivity index is 2.24. The minimum Gasteiger partial charge on any atom is -0.426 e. The number of nitrogens with zero attached hydrogens (tertiary/aromatic N) is 2. The Morgan fingerprint density at radius 1 is 1.65 bits per heavy atom. The van der Waals surface area contributed by atoms with Gasteiger partial charge < -0.3 is 10.5 Å². The first-order valence-electron chi connectivity index (χ1n) is 5.11. The number of carbonyl (C=O) groups excluding carboxylic acids is 1. The third-order valence-corrected chi connectivity index (χ3v) is 3.10. The van der Waals surface area contributed by atoms with Crippen LogP contribution >= 0.6 is 15.9 Å². The highest BCUT2D eigenvalue weighted by atomic mass is 79.9. The lowest BCUT2D eigenvalue weighted by atomic mass is 10.2. The highest BCUT2D eigenvalue weighted by Crippen LogP contribution is 2.10. The van der Waals surface area contributed by atoms with Gasteiger partial charge in [-0.3, -0.25) is 4.79 Å². The summed E-state index contributed by atoms with van der Waals surface area (Å²) in [6.07, 6.45) is -0.884. The van der Waals surface area contributed by atoms with Gasteiger partial charge in [-0.2, -0.15) is 9.72 Å². The summed E-state index contributed by atoms with van der Waals surface area (Å²) in [4.78, 5) is 15.4. The first-order valence-corrected chi connectivity index (χ1v) is 5.90. The summed E-state index contributed by atoms with van der Waals surface area (Å²) in [5.74, 6) is -0.481. The van der Waals surface area contributed by atoms with Crippen LogP contribution in [0.2, 0.25) is 0 Å². The fraction of sp³-hybridized carbons (Fsp3) is 0.400. The Morgan fingerprint density at radius 2 is 2.41 bits per heavy atom. The summed E-state index contributed by atoms with van der Waals surface area (Å²) < 4.78 is 14.0. The highest BCUT2D eigenvalue weighted by Gasteiger charge is 2.28. The number of alkyl halides is 1. The molecule has 1 amide bonds. The molecule has 2 atom stereocenters. The van der Waals surface area contributed by atoms with E-state index >= 15 is 0 Å². The first-order chi connectivity index (χ1) is 8.08. The van der Waals surface area contributed by atoms with Crippen molar-refractivity contribution in [2.75, 3.05) is 6.54 Å². The van der Waals surface area contributed by atoms with Crippen LogP contribution in [0.5, 0.6) is 0 Å². The van der Waals surface area contributed by atoms with Gasteiger partial charge in [0.05, 0.1) is 6.04 Å². The number of pyridine rings is 1. The van der Waals surface area contributed by atoms with Crippen molar-refractivity contribution in [3.05, 3.63) is 28.3 Å². The Hall–Kier alpha value is -1.21. The van der Waals surface area contributed by atoms with Crippen molar-refractivity contribution >= 4 is 21.8 Å². The molecule has 5 nitrogen and oxygen atoms in total. The number of halogens is 2. The van der Waals surface area contributed by atoms with E-state index in [0.29, 0.717) is 4.60 Å². The molecule has 7 heteroatoms. The number of carbonyl (C=O) groups is 1. The molecule has 1 aliphatic heterocycles. The molecule has 1 aromatic heterocycles. The van der Waals surface area contributed by atoms with Crippen LogP contribution in [0.1, 0.15) is 6.42 Å². The molecule has 0 radical (unpaired) electrons. The number of rotatable bonds is 1. The van der Waals surface area contributed by atoms with Gasteiger partial charge in [-0.1, -0.05) is 6.07 Å². The van der Waals surface area contributed by atoms with Crippen LogP contribution in [-0.4, -0.2) is 34.6 Å².